The molecule has 136 valence electrons. The van der Waals surface area contributed by atoms with E-state index >= 15 is 0 Å². The van der Waals surface area contributed by atoms with Gasteiger partial charge in [-0.25, -0.2) is 0 Å². The molecule has 2 aromatic carbocycles. The van der Waals surface area contributed by atoms with Crippen molar-refractivity contribution in [2.24, 2.45) is 0 Å². The van der Waals surface area contributed by atoms with Crippen LogP contribution in [0.15, 0.2) is 42.5 Å². The highest BCUT2D eigenvalue weighted by atomic mass is 19.4. The van der Waals surface area contributed by atoms with Gasteiger partial charge in [0.1, 0.15) is 6.54 Å². The van der Waals surface area contributed by atoms with E-state index in [0.717, 1.165) is 0 Å². The van der Waals surface area contributed by atoms with Gasteiger partial charge in [-0.1, -0.05) is 12.1 Å². The second-order valence-electron chi connectivity index (χ2n) is 5.37. The number of benzene rings is 2. The minimum atomic E-state index is -4.53. The largest absolute Gasteiger partial charge is 0.454 e. The van der Waals surface area contributed by atoms with Crippen LogP contribution < -0.4 is 20.1 Å². The van der Waals surface area contributed by atoms with Crippen molar-refractivity contribution >= 4 is 17.5 Å². The van der Waals surface area contributed by atoms with Gasteiger partial charge < -0.3 is 20.1 Å². The average molecular weight is 366 g/mol. The summed E-state index contributed by atoms with van der Waals surface area (Å²) in [4.78, 5) is 24.4. The lowest BCUT2D eigenvalue weighted by atomic mass is 10.1. The Morgan fingerprint density at radius 2 is 1.73 bits per heavy atom. The van der Waals surface area contributed by atoms with Gasteiger partial charge in [-0.15, -0.1) is 0 Å². The Kier molecular flexibility index (Phi) is 4.70. The lowest BCUT2D eigenvalue weighted by Gasteiger charge is -2.12. The molecule has 1 aliphatic heterocycles. The van der Waals surface area contributed by atoms with Crippen LogP contribution in [0, 0.1) is 0 Å². The van der Waals surface area contributed by atoms with E-state index in [1.54, 1.807) is 17.4 Å². The fourth-order valence-electron chi connectivity index (χ4n) is 2.30. The number of para-hydroxylation sites is 1. The van der Waals surface area contributed by atoms with Crippen molar-refractivity contribution in [1.82, 2.24) is 5.32 Å². The molecular weight excluding hydrogens is 353 g/mol. The third-order valence-corrected chi connectivity index (χ3v) is 3.50. The van der Waals surface area contributed by atoms with E-state index < -0.39 is 24.5 Å². The number of anilines is 1. The summed E-state index contributed by atoms with van der Waals surface area (Å²) in [5.74, 6) is -0.564. The molecule has 2 N–H and O–H groups in total. The lowest BCUT2D eigenvalue weighted by molar-refractivity contribution is -0.123. The second-order valence-corrected chi connectivity index (χ2v) is 5.37. The van der Waals surface area contributed by atoms with Gasteiger partial charge >= 0.3 is 6.18 Å². The number of halogens is 3. The topological polar surface area (TPSA) is 76.7 Å². The monoisotopic (exact) mass is 366 g/mol. The van der Waals surface area contributed by atoms with Crippen LogP contribution in [-0.4, -0.2) is 31.3 Å². The lowest BCUT2D eigenvalue weighted by Crippen LogP contribution is -2.34. The average Bonchev–Trinajstić information content (AvgIpc) is 3.07. The van der Waals surface area contributed by atoms with Crippen molar-refractivity contribution in [3.63, 3.8) is 0 Å². The molecule has 0 aromatic heterocycles. The molecule has 0 aliphatic carbocycles. The molecule has 0 unspecified atom stereocenters. The number of nitrogens with one attached hydrogen (secondary N) is 2. The van der Waals surface area contributed by atoms with E-state index in [1.807, 2.05) is 0 Å². The number of hydrogen-bond acceptors (Lipinski definition) is 4. The maximum Gasteiger partial charge on any atom is 0.405 e. The van der Waals surface area contributed by atoms with E-state index in [2.05, 4.69) is 5.32 Å². The predicted molar refractivity (Wildman–Crippen MR) is 85.3 cm³/mol. The van der Waals surface area contributed by atoms with E-state index in [4.69, 9.17) is 9.47 Å². The van der Waals surface area contributed by atoms with Crippen LogP contribution >= 0.6 is 0 Å². The van der Waals surface area contributed by atoms with E-state index in [9.17, 15) is 22.8 Å². The summed E-state index contributed by atoms with van der Waals surface area (Å²) in [5.41, 5.74) is 0.264. The van der Waals surface area contributed by atoms with Crippen LogP contribution in [-0.2, 0) is 0 Å². The first-order chi connectivity index (χ1) is 12.3. The number of amides is 2. The number of carbonyl (C=O) groups is 2. The zero-order chi connectivity index (χ0) is 18.7. The molecule has 0 saturated carbocycles. The first kappa shape index (κ1) is 17.6. The Balaban J connectivity index is 1.75. The molecule has 0 bridgehead atoms. The number of carbonyl (C=O) groups excluding carboxylic acids is 2. The normalized spacial score (nSPS) is 12.6. The number of hydrogen-bond donors (Lipinski definition) is 2. The summed E-state index contributed by atoms with van der Waals surface area (Å²) in [5, 5.41) is 4.29. The van der Waals surface area contributed by atoms with Crippen molar-refractivity contribution < 1.29 is 32.2 Å². The second kappa shape index (κ2) is 6.95. The van der Waals surface area contributed by atoms with E-state index in [-0.39, 0.29) is 23.6 Å². The minimum Gasteiger partial charge on any atom is -0.454 e. The summed E-state index contributed by atoms with van der Waals surface area (Å²) in [7, 11) is 0. The van der Waals surface area contributed by atoms with Crippen LogP contribution in [0.5, 0.6) is 11.5 Å². The summed E-state index contributed by atoms with van der Waals surface area (Å²) in [6, 6.07) is 10.3. The fraction of sp³-hybridized carbons (Fsp3) is 0.176. The maximum absolute atomic E-state index is 12.4. The quantitative estimate of drug-likeness (QED) is 0.872. The minimum absolute atomic E-state index is 0.0582. The molecular formula is C17H13F3N2O4. The molecule has 0 atom stereocenters. The van der Waals surface area contributed by atoms with Gasteiger partial charge in [-0.05, 0) is 30.3 Å². The summed E-state index contributed by atoms with van der Waals surface area (Å²) in [6.07, 6.45) is -4.53. The molecule has 0 spiro atoms. The van der Waals surface area contributed by atoms with Gasteiger partial charge in [-0.3, -0.25) is 9.59 Å². The van der Waals surface area contributed by atoms with Gasteiger partial charge in [0.15, 0.2) is 11.5 Å². The Morgan fingerprint density at radius 3 is 2.50 bits per heavy atom. The van der Waals surface area contributed by atoms with Crippen molar-refractivity contribution in [3.05, 3.63) is 53.6 Å². The standard InChI is InChI=1S/C17H13F3N2O4/c18-17(19,20)8-21-16(24)11-3-1-2-4-12(11)22-15(23)10-5-6-13-14(7-10)26-9-25-13/h1-7H,8-9H2,(H,21,24)(H,22,23). The molecule has 1 heterocycles. The van der Waals surface area contributed by atoms with Crippen LogP contribution in [0.2, 0.25) is 0 Å². The molecule has 6 nitrogen and oxygen atoms in total. The zero-order valence-corrected chi connectivity index (χ0v) is 13.2. The van der Waals surface area contributed by atoms with Gasteiger partial charge in [0.25, 0.3) is 11.8 Å². The highest BCUT2D eigenvalue weighted by Crippen LogP contribution is 2.32. The molecule has 9 heteroatoms. The molecule has 2 aromatic rings. The molecule has 26 heavy (non-hydrogen) atoms. The zero-order valence-electron chi connectivity index (χ0n) is 13.2. The molecule has 0 saturated heterocycles. The smallest absolute Gasteiger partial charge is 0.405 e. The molecule has 3 rings (SSSR count). The van der Waals surface area contributed by atoms with Crippen molar-refractivity contribution in [2.75, 3.05) is 18.7 Å². The van der Waals surface area contributed by atoms with Crippen molar-refractivity contribution in [2.45, 2.75) is 6.18 Å². The Bertz CT molecular complexity index is 852. The molecule has 0 fully saturated rings. The van der Waals surface area contributed by atoms with E-state index in [0.29, 0.717) is 11.5 Å². The SMILES string of the molecule is O=C(Nc1ccccc1C(=O)NCC(F)(F)F)c1ccc2c(c1)OCO2. The van der Waals surface area contributed by atoms with Gasteiger partial charge in [-0.2, -0.15) is 13.2 Å². The Labute approximate surface area is 145 Å². The Morgan fingerprint density at radius 1 is 1.00 bits per heavy atom. The number of rotatable bonds is 4. The van der Waals surface area contributed by atoms with E-state index in [1.165, 1.54) is 30.3 Å². The first-order valence-corrected chi connectivity index (χ1v) is 7.48. The predicted octanol–water partition coefficient (Wildman–Crippen LogP) is 2.96. The van der Waals surface area contributed by atoms with Crippen molar-refractivity contribution in [3.8, 4) is 11.5 Å². The van der Waals surface area contributed by atoms with Crippen molar-refractivity contribution in [1.29, 1.82) is 0 Å². The van der Waals surface area contributed by atoms with Gasteiger partial charge in [0, 0.05) is 5.56 Å². The Hall–Kier alpha value is -3.23. The van der Waals surface area contributed by atoms with Gasteiger partial charge in [0.2, 0.25) is 6.79 Å². The third kappa shape index (κ3) is 4.05. The van der Waals surface area contributed by atoms with Crippen LogP contribution in [0.4, 0.5) is 18.9 Å². The fourth-order valence-corrected chi connectivity index (χ4v) is 2.30. The number of alkyl halides is 3. The van der Waals surface area contributed by atoms with Crippen LogP contribution in [0.1, 0.15) is 20.7 Å². The molecule has 2 amide bonds. The first-order valence-electron chi connectivity index (χ1n) is 7.48. The third-order valence-electron chi connectivity index (χ3n) is 3.50. The van der Waals surface area contributed by atoms with Crippen LogP contribution in [0.3, 0.4) is 0 Å². The van der Waals surface area contributed by atoms with Crippen LogP contribution in [0.25, 0.3) is 0 Å². The number of ether oxygens (including phenoxy) is 2. The molecule has 1 aliphatic rings. The summed E-state index contributed by atoms with van der Waals surface area (Å²) < 4.78 is 47.1. The number of fused-ring (bicyclic) bond motifs is 1. The molecule has 0 radical (unpaired) electrons. The highest BCUT2D eigenvalue weighted by Gasteiger charge is 2.28. The maximum atomic E-state index is 12.4. The summed E-state index contributed by atoms with van der Waals surface area (Å²) in [6.45, 7) is -1.40. The highest BCUT2D eigenvalue weighted by molar-refractivity contribution is 6.09. The van der Waals surface area contributed by atoms with Gasteiger partial charge in [0.05, 0.1) is 11.3 Å². The summed E-state index contributed by atoms with van der Waals surface area (Å²) >= 11 is 0.